The van der Waals surface area contributed by atoms with Crippen LogP contribution in [0, 0.1) is 0 Å². The molecule has 18 heavy (non-hydrogen) atoms. The summed E-state index contributed by atoms with van der Waals surface area (Å²) in [6.45, 7) is 4.24. The number of nitrogens with two attached hydrogens (primary N) is 1. The minimum absolute atomic E-state index is 0.650. The smallest absolute Gasteiger partial charge is 0.196 e. The van der Waals surface area contributed by atoms with Crippen molar-refractivity contribution in [3.63, 3.8) is 0 Å². The third kappa shape index (κ3) is 2.64. The van der Waals surface area contributed by atoms with Gasteiger partial charge in [-0.15, -0.1) is 0 Å². The van der Waals surface area contributed by atoms with E-state index in [2.05, 4.69) is 14.8 Å². The Kier molecular flexibility index (Phi) is 3.19. The average Bonchev–Trinajstić information content (AvgIpc) is 3.24. The Balaban J connectivity index is 1.60. The van der Waals surface area contributed by atoms with Crippen LogP contribution in [0.4, 0.5) is 5.69 Å². The summed E-state index contributed by atoms with van der Waals surface area (Å²) in [6.07, 6.45) is 2.77. The van der Waals surface area contributed by atoms with E-state index >= 15 is 0 Å². The van der Waals surface area contributed by atoms with Crippen molar-refractivity contribution in [1.29, 1.82) is 0 Å². The van der Waals surface area contributed by atoms with Crippen LogP contribution in [0.1, 0.15) is 12.8 Å². The van der Waals surface area contributed by atoms with Crippen LogP contribution >= 0.6 is 0 Å². The molecule has 1 saturated carbocycles. The fourth-order valence-corrected chi connectivity index (χ4v) is 2.46. The largest absolute Gasteiger partial charge is 0.369 e. The predicted molar refractivity (Wildman–Crippen MR) is 73.9 cm³/mol. The van der Waals surface area contributed by atoms with Gasteiger partial charge in [-0.3, -0.25) is 4.90 Å². The molecule has 0 spiro atoms. The van der Waals surface area contributed by atoms with Gasteiger partial charge in [0.2, 0.25) is 0 Å². The molecule has 96 valence electrons. The van der Waals surface area contributed by atoms with Crippen LogP contribution in [0.3, 0.4) is 0 Å². The number of piperazine rings is 1. The van der Waals surface area contributed by atoms with Gasteiger partial charge >= 0.3 is 0 Å². The molecule has 0 atom stereocenters. The maximum absolute atomic E-state index is 6.08. The van der Waals surface area contributed by atoms with E-state index < -0.39 is 0 Å². The van der Waals surface area contributed by atoms with Gasteiger partial charge in [0.25, 0.3) is 0 Å². The van der Waals surface area contributed by atoms with E-state index in [9.17, 15) is 0 Å². The number of guanidine groups is 1. The van der Waals surface area contributed by atoms with Gasteiger partial charge in [0, 0.05) is 32.2 Å². The van der Waals surface area contributed by atoms with Gasteiger partial charge in [-0.2, -0.15) is 0 Å². The minimum atomic E-state index is 0.650. The van der Waals surface area contributed by atoms with Crippen molar-refractivity contribution in [2.24, 2.45) is 10.7 Å². The van der Waals surface area contributed by atoms with Crippen molar-refractivity contribution in [1.82, 2.24) is 9.80 Å². The van der Waals surface area contributed by atoms with Gasteiger partial charge in [0.15, 0.2) is 5.96 Å². The molecule has 1 aromatic rings. The molecule has 0 unspecified atom stereocenters. The number of benzene rings is 1. The van der Waals surface area contributed by atoms with Crippen molar-refractivity contribution < 1.29 is 0 Å². The molecule has 1 aliphatic heterocycles. The standard InChI is InChI=1S/C14H20N4/c15-14(16-12-4-2-1-3-5-12)18-10-8-17(9-11-18)13-6-7-13/h1-5,13H,6-11H2,(H2,15,16). The Morgan fingerprint density at radius 1 is 1.06 bits per heavy atom. The second-order valence-electron chi connectivity index (χ2n) is 5.06. The molecule has 1 heterocycles. The summed E-state index contributed by atoms with van der Waals surface area (Å²) in [6, 6.07) is 10.8. The summed E-state index contributed by atoms with van der Waals surface area (Å²) >= 11 is 0. The van der Waals surface area contributed by atoms with Crippen molar-refractivity contribution in [3.05, 3.63) is 30.3 Å². The van der Waals surface area contributed by atoms with Gasteiger partial charge in [-0.25, -0.2) is 4.99 Å². The van der Waals surface area contributed by atoms with Gasteiger partial charge in [0.1, 0.15) is 0 Å². The van der Waals surface area contributed by atoms with Crippen molar-refractivity contribution in [2.45, 2.75) is 18.9 Å². The number of aliphatic imine (C=N–C) groups is 1. The molecule has 1 aromatic carbocycles. The number of para-hydroxylation sites is 1. The van der Waals surface area contributed by atoms with Crippen LogP contribution in [0.2, 0.25) is 0 Å². The monoisotopic (exact) mass is 244 g/mol. The Labute approximate surface area is 108 Å². The summed E-state index contributed by atoms with van der Waals surface area (Å²) in [5.74, 6) is 0.650. The fraction of sp³-hybridized carbons (Fsp3) is 0.500. The Morgan fingerprint density at radius 3 is 2.33 bits per heavy atom. The van der Waals surface area contributed by atoms with Gasteiger partial charge < -0.3 is 10.6 Å². The fourth-order valence-electron chi connectivity index (χ4n) is 2.46. The molecule has 4 nitrogen and oxygen atoms in total. The lowest BCUT2D eigenvalue weighted by Gasteiger charge is -2.35. The van der Waals surface area contributed by atoms with Crippen LogP contribution in [0.5, 0.6) is 0 Å². The maximum Gasteiger partial charge on any atom is 0.196 e. The molecular weight excluding hydrogens is 224 g/mol. The second kappa shape index (κ2) is 4.98. The van der Waals surface area contributed by atoms with E-state index in [1.165, 1.54) is 12.8 Å². The number of nitrogens with zero attached hydrogens (tertiary/aromatic N) is 3. The van der Waals surface area contributed by atoms with E-state index in [0.29, 0.717) is 5.96 Å². The molecule has 0 bridgehead atoms. The van der Waals surface area contributed by atoms with Gasteiger partial charge in [-0.1, -0.05) is 18.2 Å². The lowest BCUT2D eigenvalue weighted by atomic mass is 10.3. The van der Waals surface area contributed by atoms with Crippen LogP contribution in [0.15, 0.2) is 35.3 Å². The van der Waals surface area contributed by atoms with Crippen LogP contribution in [-0.2, 0) is 0 Å². The van der Waals surface area contributed by atoms with Gasteiger partial charge in [-0.05, 0) is 25.0 Å². The van der Waals surface area contributed by atoms with Crippen molar-refractivity contribution >= 4 is 11.6 Å². The number of hydrogen-bond donors (Lipinski definition) is 1. The zero-order chi connectivity index (χ0) is 12.4. The topological polar surface area (TPSA) is 44.9 Å². The van der Waals surface area contributed by atoms with Gasteiger partial charge in [0.05, 0.1) is 5.69 Å². The van der Waals surface area contributed by atoms with E-state index in [0.717, 1.165) is 37.9 Å². The van der Waals surface area contributed by atoms with Crippen LogP contribution in [0.25, 0.3) is 0 Å². The number of hydrogen-bond acceptors (Lipinski definition) is 2. The molecule has 2 aliphatic rings. The first-order chi connectivity index (χ1) is 8.83. The summed E-state index contributed by atoms with van der Waals surface area (Å²) in [5, 5.41) is 0. The molecule has 2 fully saturated rings. The maximum atomic E-state index is 6.08. The molecular formula is C14H20N4. The summed E-state index contributed by atoms with van der Waals surface area (Å²) < 4.78 is 0. The SMILES string of the molecule is NC(=Nc1ccccc1)N1CCN(C2CC2)CC1. The summed E-state index contributed by atoms with van der Waals surface area (Å²) in [7, 11) is 0. The minimum Gasteiger partial charge on any atom is -0.369 e. The second-order valence-corrected chi connectivity index (χ2v) is 5.06. The van der Waals surface area contributed by atoms with E-state index in [1.807, 2.05) is 30.3 Å². The molecule has 1 saturated heterocycles. The molecule has 2 N–H and O–H groups in total. The van der Waals surface area contributed by atoms with E-state index in [4.69, 9.17) is 5.73 Å². The third-order valence-corrected chi connectivity index (χ3v) is 3.70. The highest BCUT2D eigenvalue weighted by molar-refractivity contribution is 5.81. The molecule has 0 aromatic heterocycles. The summed E-state index contributed by atoms with van der Waals surface area (Å²) in [4.78, 5) is 9.23. The third-order valence-electron chi connectivity index (χ3n) is 3.70. The van der Waals surface area contributed by atoms with E-state index in [1.54, 1.807) is 0 Å². The lowest BCUT2D eigenvalue weighted by molar-refractivity contribution is 0.173. The normalized spacial score (nSPS) is 22.2. The quantitative estimate of drug-likeness (QED) is 0.632. The molecule has 4 heteroatoms. The van der Waals surface area contributed by atoms with Crippen molar-refractivity contribution in [3.8, 4) is 0 Å². The Morgan fingerprint density at radius 2 is 1.72 bits per heavy atom. The lowest BCUT2D eigenvalue weighted by Crippen LogP contribution is -2.51. The Bertz CT molecular complexity index is 417. The summed E-state index contributed by atoms with van der Waals surface area (Å²) in [5.41, 5.74) is 7.01. The molecule has 1 aliphatic carbocycles. The Hall–Kier alpha value is -1.55. The first-order valence-electron chi connectivity index (χ1n) is 6.71. The molecule has 0 amide bonds. The number of rotatable bonds is 2. The zero-order valence-electron chi connectivity index (χ0n) is 10.6. The highest BCUT2D eigenvalue weighted by Crippen LogP contribution is 2.27. The van der Waals surface area contributed by atoms with Crippen molar-refractivity contribution in [2.75, 3.05) is 26.2 Å². The molecule has 0 radical (unpaired) electrons. The average molecular weight is 244 g/mol. The van der Waals surface area contributed by atoms with E-state index in [-0.39, 0.29) is 0 Å². The predicted octanol–water partition coefficient (Wildman–Crippen LogP) is 1.41. The van der Waals surface area contributed by atoms with Crippen LogP contribution in [-0.4, -0.2) is 48.0 Å². The highest BCUT2D eigenvalue weighted by atomic mass is 15.3. The highest BCUT2D eigenvalue weighted by Gasteiger charge is 2.31. The first-order valence-corrected chi connectivity index (χ1v) is 6.71. The first kappa shape index (κ1) is 11.5. The van der Waals surface area contributed by atoms with Crippen LogP contribution < -0.4 is 5.73 Å². The zero-order valence-corrected chi connectivity index (χ0v) is 10.6. The molecule has 3 rings (SSSR count).